The molecule has 0 amide bonds. The van der Waals surface area contributed by atoms with E-state index in [1.165, 1.54) is 13.8 Å². The molecule has 0 aliphatic rings. The lowest BCUT2D eigenvalue weighted by atomic mass is 9.93. The lowest BCUT2D eigenvalue weighted by molar-refractivity contribution is -0.169. The number of carbonyl (C=O) groups is 22. The molecule has 0 aliphatic heterocycles. The first-order chi connectivity index (χ1) is 69.0. The van der Waals surface area contributed by atoms with Gasteiger partial charge in [0.05, 0.1) is 90.1 Å². The van der Waals surface area contributed by atoms with Crippen LogP contribution in [0.5, 0.6) is 0 Å². The van der Waals surface area contributed by atoms with Crippen molar-refractivity contribution in [3.05, 3.63) is 228 Å². The van der Waals surface area contributed by atoms with E-state index in [1.807, 2.05) is 0 Å². The second kappa shape index (κ2) is 95.7. The fraction of sp³-hybridized carbons (Fsp3) is 0.426. The summed E-state index contributed by atoms with van der Waals surface area (Å²) in [6.07, 6.45) is 19.3. The molecular formula is C101H140O46. The van der Waals surface area contributed by atoms with Crippen LogP contribution in [0, 0.1) is 21.7 Å². The number of rotatable bonds is 65. The van der Waals surface area contributed by atoms with Crippen molar-refractivity contribution >= 4 is 131 Å². The number of hydrogen-bond donors (Lipinski definition) is 0. The quantitative estimate of drug-likeness (QED) is 0.0181. The first-order valence-electron chi connectivity index (χ1n) is 43.2. The Morgan fingerprint density at radius 2 is 0.395 bits per heavy atom. The van der Waals surface area contributed by atoms with Crippen LogP contribution in [0.3, 0.4) is 0 Å². The van der Waals surface area contributed by atoms with Gasteiger partial charge in [-0.2, -0.15) is 0 Å². The van der Waals surface area contributed by atoms with E-state index in [0.29, 0.717) is 32.5 Å². The highest BCUT2D eigenvalue weighted by Crippen LogP contribution is 2.24. The SMILES string of the molecule is C=CC(=O)OC(C)COCC(C)OC(=O)C=C.C=CC(=O)OCC(=O)OCC(C)(C)COC(=O)C(C)(C)COC(=O)COC(=O)C=C.C=CC(=O)OCC(C)(C)COC(=O)C(C)(C)COC(=O)C=C.C=CC(=O)OCC(C)OC(=O)C=C.C=CC(=O)OCCCCOC(=O)C=C.C=CC(=O)OCCCOC(=O)C=C.C=CC(=O)OCCOC(=O)C=C.C=CC(=O)OCCOCCOC(=O)C=C.C=CC(=O)OCOC(=O)C=C. The second-order valence-corrected chi connectivity index (χ2v) is 29.6. The highest BCUT2D eigenvalue weighted by molar-refractivity contribution is 5.89. The van der Waals surface area contributed by atoms with Crippen molar-refractivity contribution in [1.82, 2.24) is 0 Å². The molecular weight excluding hydrogens is 1950 g/mol. The van der Waals surface area contributed by atoms with Crippen LogP contribution in [0.1, 0.15) is 95.4 Å². The second-order valence-electron chi connectivity index (χ2n) is 29.6. The standard InChI is InChI=1S/C20H28O10.C16H24O6.C12H18O5.C10H14O5.C10H14O4.2C9H12O4.C8H10O4.C7H8O4/c1-7-14(21)26-9-16(23)28-11-19(3,4)12-30-18(25)20(5,6)13-29-17(24)10-27-15(22)8-2;1-7-12(17)20-9-15(3,4)10-22-14(19)16(5,6)11-21-13(18)8-2;1-5-11(13)16-9(3)7-15-8-10(4)17-12(14)6-2;1-3-9(11)14-7-5-13-6-8-15-10(12)4-2;1-3-9(11)13-7-5-6-8-14-10(12)4-2;1-4-8(10)12-6-7(3)13-9(11)5-2;1-3-8(10)12-6-5-7-13-9(11)4-2;1-3-7(9)11-5-6-12-8(10)4-2;1-3-6(8)10-5-11-7(9)4-2/h7-8H,1-2,9-13H2,3-6H3;7-8H,1-2,9-11H2,3-6H3;5-6,9-10H,1-2,7-8H2,3-4H3;3-4H,1-2,5-8H2;3-4H,1-2,5-8H2;4-5,7H,1-2,6H2,3H3;3-4H,1-2,5-7H2;3-4H,1-2,5-6H2;3-4H,1-2,5H2. The number of unbranched alkanes of at least 4 members (excludes halogenated alkanes) is 1. The molecule has 46 nitrogen and oxygen atoms in total. The van der Waals surface area contributed by atoms with E-state index in [2.05, 4.69) is 171 Å². The van der Waals surface area contributed by atoms with Crippen molar-refractivity contribution in [2.45, 2.75) is 114 Å². The van der Waals surface area contributed by atoms with Gasteiger partial charge in [0.15, 0.2) is 13.2 Å². The summed E-state index contributed by atoms with van der Waals surface area (Å²) in [4.78, 5) is 239. The fourth-order valence-electron chi connectivity index (χ4n) is 6.73. The summed E-state index contributed by atoms with van der Waals surface area (Å²) >= 11 is 0. The topological polar surface area (TPSA) is 597 Å². The minimum Gasteiger partial charge on any atom is -0.464 e. The Bertz CT molecular complexity index is 4180. The van der Waals surface area contributed by atoms with Crippen molar-refractivity contribution in [1.29, 1.82) is 0 Å². The van der Waals surface area contributed by atoms with Crippen LogP contribution in [0.4, 0.5) is 0 Å². The molecule has 3 atom stereocenters. The Morgan fingerprint density at radius 1 is 0.197 bits per heavy atom. The average molecular weight is 2090 g/mol. The van der Waals surface area contributed by atoms with Gasteiger partial charge in [-0.1, -0.05) is 146 Å². The van der Waals surface area contributed by atoms with Gasteiger partial charge in [0.2, 0.25) is 6.79 Å². The van der Waals surface area contributed by atoms with E-state index in [-0.39, 0.29) is 125 Å². The first kappa shape index (κ1) is 148. The van der Waals surface area contributed by atoms with Crippen molar-refractivity contribution in [2.24, 2.45) is 21.7 Å². The van der Waals surface area contributed by atoms with Gasteiger partial charge in [-0.25, -0.2) is 95.9 Å². The van der Waals surface area contributed by atoms with Crippen molar-refractivity contribution in [3.63, 3.8) is 0 Å². The molecule has 0 aromatic carbocycles. The van der Waals surface area contributed by atoms with Crippen molar-refractivity contribution in [2.75, 3.05) is 146 Å². The number of ether oxygens (including phenoxy) is 24. The minimum absolute atomic E-state index is 0.0183. The molecule has 0 aliphatic carbocycles. The largest absolute Gasteiger partial charge is 0.464 e. The molecule has 0 aromatic rings. The summed E-state index contributed by atoms with van der Waals surface area (Å²) < 4.78 is 114. The van der Waals surface area contributed by atoms with Crippen LogP contribution in [-0.4, -0.2) is 295 Å². The molecule has 147 heavy (non-hydrogen) atoms. The third-order valence-electron chi connectivity index (χ3n) is 14.2. The van der Waals surface area contributed by atoms with Crippen molar-refractivity contribution in [3.8, 4) is 0 Å². The zero-order valence-corrected chi connectivity index (χ0v) is 85.3. The summed E-state index contributed by atoms with van der Waals surface area (Å²) in [6.45, 7) is 76.8. The van der Waals surface area contributed by atoms with E-state index in [4.69, 9.17) is 61.6 Å². The predicted molar refractivity (Wildman–Crippen MR) is 524 cm³/mol. The molecule has 0 spiro atoms. The van der Waals surface area contributed by atoms with E-state index in [1.54, 1.807) is 62.3 Å². The van der Waals surface area contributed by atoms with Crippen LogP contribution in [-0.2, 0) is 219 Å². The average Bonchev–Trinajstić information content (AvgIpc) is 0.868. The maximum atomic E-state index is 12.3. The molecule has 0 aromatic heterocycles. The van der Waals surface area contributed by atoms with Crippen LogP contribution in [0.25, 0.3) is 0 Å². The molecule has 0 radical (unpaired) electrons. The molecule has 820 valence electrons. The Hall–Kier alpha value is -16.4. The molecule has 0 fully saturated rings. The third-order valence-corrected chi connectivity index (χ3v) is 14.2. The zero-order chi connectivity index (χ0) is 115. The lowest BCUT2D eigenvalue weighted by Crippen LogP contribution is -2.36. The Balaban J connectivity index is -0.000000212. The predicted octanol–water partition coefficient (Wildman–Crippen LogP) is 8.61. The van der Waals surface area contributed by atoms with E-state index in [9.17, 15) is 105 Å². The van der Waals surface area contributed by atoms with Gasteiger partial charge in [0.1, 0.15) is 64.6 Å². The summed E-state index contributed by atoms with van der Waals surface area (Å²) in [5, 5.41) is 0. The summed E-state index contributed by atoms with van der Waals surface area (Å²) in [6, 6.07) is 0. The maximum absolute atomic E-state index is 12.3. The lowest BCUT2D eigenvalue weighted by Gasteiger charge is -2.27. The first-order valence-corrected chi connectivity index (χ1v) is 43.2. The highest BCUT2D eigenvalue weighted by Gasteiger charge is 2.35. The molecule has 0 rings (SSSR count). The number of esters is 22. The van der Waals surface area contributed by atoms with Crippen molar-refractivity contribution < 1.29 is 219 Å². The Labute approximate surface area is 855 Å². The fourth-order valence-corrected chi connectivity index (χ4v) is 6.73. The van der Waals surface area contributed by atoms with E-state index < -0.39 is 179 Å². The van der Waals surface area contributed by atoms with Gasteiger partial charge in [-0.05, 0) is 61.3 Å². The van der Waals surface area contributed by atoms with Gasteiger partial charge in [0.25, 0.3) is 0 Å². The van der Waals surface area contributed by atoms with Gasteiger partial charge in [0, 0.05) is 127 Å². The van der Waals surface area contributed by atoms with Gasteiger partial charge < -0.3 is 114 Å². The molecule has 0 bridgehead atoms. The van der Waals surface area contributed by atoms with E-state index >= 15 is 0 Å². The highest BCUT2D eigenvalue weighted by atomic mass is 16.7. The van der Waals surface area contributed by atoms with Gasteiger partial charge in [-0.3, -0.25) is 9.59 Å². The Kier molecular flexibility index (Phi) is 96.6. The summed E-state index contributed by atoms with van der Waals surface area (Å²) in [7, 11) is 0. The molecule has 3 unspecified atom stereocenters. The summed E-state index contributed by atoms with van der Waals surface area (Å²) in [5.74, 6) is -12.6. The number of carbonyl (C=O) groups excluding carboxylic acids is 22. The smallest absolute Gasteiger partial charge is 0.344 e. The van der Waals surface area contributed by atoms with Crippen LogP contribution >= 0.6 is 0 Å². The van der Waals surface area contributed by atoms with Crippen LogP contribution in [0.15, 0.2) is 228 Å². The van der Waals surface area contributed by atoms with Crippen LogP contribution in [0.2, 0.25) is 0 Å². The van der Waals surface area contributed by atoms with Crippen LogP contribution < -0.4 is 0 Å². The zero-order valence-electron chi connectivity index (χ0n) is 85.3. The van der Waals surface area contributed by atoms with E-state index in [0.717, 1.165) is 109 Å². The van der Waals surface area contributed by atoms with Gasteiger partial charge >= 0.3 is 131 Å². The third kappa shape index (κ3) is 107. The molecule has 46 heteroatoms. The van der Waals surface area contributed by atoms with Gasteiger partial charge in [-0.15, -0.1) is 0 Å². The molecule has 0 saturated carbocycles. The molecule has 0 saturated heterocycles. The minimum atomic E-state index is -1.16. The monoisotopic (exact) mass is 2090 g/mol. The maximum Gasteiger partial charge on any atom is 0.344 e. The molecule has 0 N–H and O–H groups in total. The molecule has 0 heterocycles. The Morgan fingerprint density at radius 3 is 0.673 bits per heavy atom. The summed E-state index contributed by atoms with van der Waals surface area (Å²) in [5.41, 5.74) is -3.40. The number of hydrogen-bond acceptors (Lipinski definition) is 46. The normalized spacial score (nSPS) is 10.3.